The Balaban J connectivity index is 2.33. The highest BCUT2D eigenvalue weighted by atomic mass is 16.6. The Morgan fingerprint density at radius 2 is 1.15 bits per heavy atom. The molecule has 1 aliphatic heterocycles. The molecule has 0 atom stereocenters. The maximum atomic E-state index is 12.2. The molecule has 0 saturated carbocycles. The summed E-state index contributed by atoms with van der Waals surface area (Å²) in [6, 6.07) is 14.9. The third-order valence-corrected chi connectivity index (χ3v) is 3.90. The summed E-state index contributed by atoms with van der Waals surface area (Å²) >= 11 is 0. The van der Waals surface area contributed by atoms with Crippen molar-refractivity contribution in [1.29, 1.82) is 0 Å². The van der Waals surface area contributed by atoms with Gasteiger partial charge in [-0.1, -0.05) is 48.5 Å². The molecule has 0 unspecified atom stereocenters. The van der Waals surface area contributed by atoms with Crippen molar-refractivity contribution in [3.8, 4) is 0 Å². The van der Waals surface area contributed by atoms with Crippen molar-refractivity contribution in [3.05, 3.63) is 70.8 Å². The average Bonchev–Trinajstić information content (AvgIpc) is 2.43. The van der Waals surface area contributed by atoms with Gasteiger partial charge in [0, 0.05) is 0 Å². The van der Waals surface area contributed by atoms with Crippen LogP contribution in [0.2, 0.25) is 0 Å². The van der Waals surface area contributed by atoms with Gasteiger partial charge in [0.2, 0.25) is 5.41 Å². The number of carbonyl (C=O) groups excluding carboxylic acids is 2. The van der Waals surface area contributed by atoms with E-state index in [1.165, 1.54) is 0 Å². The van der Waals surface area contributed by atoms with Crippen molar-refractivity contribution < 1.29 is 14.3 Å². The number of hydrogen-bond donors (Lipinski definition) is 0. The summed E-state index contributed by atoms with van der Waals surface area (Å²) in [7, 11) is 0. The molecule has 0 aliphatic carbocycles. The van der Waals surface area contributed by atoms with E-state index in [0.717, 1.165) is 11.1 Å². The highest BCUT2D eigenvalue weighted by Gasteiger charge is 2.62. The number of ether oxygens (including phenoxy) is 1. The molecule has 2 aromatic rings. The summed E-state index contributed by atoms with van der Waals surface area (Å²) < 4.78 is 4.70. The van der Waals surface area contributed by atoms with Crippen LogP contribution in [-0.4, -0.2) is 11.9 Å². The van der Waals surface area contributed by atoms with Crippen LogP contribution in [0.15, 0.2) is 48.5 Å². The first-order valence-corrected chi connectivity index (χ1v) is 6.47. The van der Waals surface area contributed by atoms with Gasteiger partial charge in [-0.3, -0.25) is 0 Å². The van der Waals surface area contributed by atoms with E-state index in [9.17, 15) is 9.59 Å². The van der Waals surface area contributed by atoms with E-state index in [1.54, 1.807) is 0 Å². The Kier molecular flexibility index (Phi) is 2.71. The second-order valence-electron chi connectivity index (χ2n) is 5.06. The van der Waals surface area contributed by atoms with E-state index in [4.69, 9.17) is 4.74 Å². The number of aryl methyl sites for hydroxylation is 2. The summed E-state index contributed by atoms with van der Waals surface area (Å²) in [4.78, 5) is 24.5. The fraction of sp³-hybridized carbons (Fsp3) is 0.176. The fourth-order valence-corrected chi connectivity index (χ4v) is 2.85. The molecule has 0 amide bonds. The quantitative estimate of drug-likeness (QED) is 0.620. The normalized spacial score (nSPS) is 16.5. The summed E-state index contributed by atoms with van der Waals surface area (Å²) in [6.45, 7) is 3.79. The molecule has 0 N–H and O–H groups in total. The van der Waals surface area contributed by atoms with Gasteiger partial charge in [-0.05, 0) is 36.1 Å². The van der Waals surface area contributed by atoms with Crippen molar-refractivity contribution in [2.45, 2.75) is 19.3 Å². The summed E-state index contributed by atoms with van der Waals surface area (Å²) in [5.74, 6) is -0.989. The summed E-state index contributed by atoms with van der Waals surface area (Å²) in [5, 5.41) is 0. The van der Waals surface area contributed by atoms with Crippen molar-refractivity contribution in [1.82, 2.24) is 0 Å². The molecule has 0 radical (unpaired) electrons. The zero-order valence-electron chi connectivity index (χ0n) is 11.3. The Bertz CT molecular complexity index is 654. The van der Waals surface area contributed by atoms with Gasteiger partial charge in [-0.2, -0.15) is 0 Å². The monoisotopic (exact) mass is 266 g/mol. The van der Waals surface area contributed by atoms with Crippen LogP contribution in [0.3, 0.4) is 0 Å². The lowest BCUT2D eigenvalue weighted by molar-refractivity contribution is -0.184. The molecule has 3 heteroatoms. The van der Waals surface area contributed by atoms with Crippen molar-refractivity contribution in [3.63, 3.8) is 0 Å². The molecule has 0 bridgehead atoms. The van der Waals surface area contributed by atoms with E-state index in [0.29, 0.717) is 11.1 Å². The van der Waals surface area contributed by atoms with Crippen LogP contribution in [0.1, 0.15) is 22.3 Å². The Morgan fingerprint density at radius 1 is 0.750 bits per heavy atom. The van der Waals surface area contributed by atoms with Gasteiger partial charge in [0.1, 0.15) is 0 Å². The molecule has 2 aromatic carbocycles. The van der Waals surface area contributed by atoms with Gasteiger partial charge in [-0.25, -0.2) is 9.59 Å². The zero-order valence-corrected chi connectivity index (χ0v) is 11.3. The third kappa shape index (κ3) is 1.46. The van der Waals surface area contributed by atoms with Gasteiger partial charge < -0.3 is 4.74 Å². The predicted molar refractivity (Wildman–Crippen MR) is 74.2 cm³/mol. The highest BCUT2D eigenvalue weighted by molar-refractivity contribution is 6.22. The molecule has 0 aromatic heterocycles. The number of hydrogen-bond acceptors (Lipinski definition) is 3. The SMILES string of the molecule is Cc1ccccc1C1(c2ccccc2C)C(=O)OC1=O. The molecule has 100 valence electrons. The predicted octanol–water partition coefficient (Wildman–Crippen LogP) is 2.67. The first-order chi connectivity index (χ1) is 9.58. The fourth-order valence-electron chi connectivity index (χ4n) is 2.85. The van der Waals surface area contributed by atoms with E-state index < -0.39 is 17.4 Å². The topological polar surface area (TPSA) is 43.4 Å². The number of benzene rings is 2. The van der Waals surface area contributed by atoms with Crippen molar-refractivity contribution >= 4 is 11.9 Å². The highest BCUT2D eigenvalue weighted by Crippen LogP contribution is 2.44. The van der Waals surface area contributed by atoms with E-state index in [-0.39, 0.29) is 0 Å². The minimum atomic E-state index is -1.29. The van der Waals surface area contributed by atoms with Crippen molar-refractivity contribution in [2.75, 3.05) is 0 Å². The second kappa shape index (κ2) is 4.30. The first kappa shape index (κ1) is 12.6. The smallest absolute Gasteiger partial charge is 0.340 e. The molecule has 3 rings (SSSR count). The van der Waals surface area contributed by atoms with Crippen molar-refractivity contribution in [2.24, 2.45) is 0 Å². The molecule has 20 heavy (non-hydrogen) atoms. The van der Waals surface area contributed by atoms with Crippen LogP contribution in [0.25, 0.3) is 0 Å². The lowest BCUT2D eigenvalue weighted by Crippen LogP contribution is -2.58. The number of carbonyl (C=O) groups is 2. The molecule has 0 spiro atoms. The zero-order chi connectivity index (χ0) is 14.3. The minimum absolute atomic E-state index is 0.494. The Morgan fingerprint density at radius 3 is 1.50 bits per heavy atom. The molecular weight excluding hydrogens is 252 g/mol. The van der Waals surface area contributed by atoms with Crippen LogP contribution in [0, 0.1) is 13.8 Å². The van der Waals surface area contributed by atoms with E-state index in [2.05, 4.69) is 0 Å². The minimum Gasteiger partial charge on any atom is -0.390 e. The standard InChI is InChI=1S/C17H14O3/c1-11-7-3-5-9-13(11)17(15(18)20-16(17)19)14-10-6-4-8-12(14)2/h3-10H,1-2H3. The van der Waals surface area contributed by atoms with Gasteiger partial charge >= 0.3 is 11.9 Å². The maximum absolute atomic E-state index is 12.2. The lowest BCUT2D eigenvalue weighted by Gasteiger charge is -2.38. The van der Waals surface area contributed by atoms with Crippen LogP contribution in [0.5, 0.6) is 0 Å². The molecule has 1 aliphatic rings. The first-order valence-electron chi connectivity index (χ1n) is 6.47. The second-order valence-corrected chi connectivity index (χ2v) is 5.06. The largest absolute Gasteiger partial charge is 0.390 e. The molecule has 1 saturated heterocycles. The summed E-state index contributed by atoms with van der Waals surface area (Å²) in [5.41, 5.74) is 1.92. The van der Waals surface area contributed by atoms with Crippen LogP contribution < -0.4 is 0 Å². The Hall–Kier alpha value is -2.42. The third-order valence-electron chi connectivity index (χ3n) is 3.90. The lowest BCUT2D eigenvalue weighted by atomic mass is 9.68. The molecule has 3 nitrogen and oxygen atoms in total. The molecule has 1 heterocycles. The molecular formula is C17H14O3. The van der Waals surface area contributed by atoms with Gasteiger partial charge in [-0.15, -0.1) is 0 Å². The average molecular weight is 266 g/mol. The molecule has 1 fully saturated rings. The Labute approximate surface area is 117 Å². The number of esters is 2. The number of cyclic esters (lactones) is 2. The van der Waals surface area contributed by atoms with Crippen LogP contribution in [0.4, 0.5) is 0 Å². The number of rotatable bonds is 2. The van der Waals surface area contributed by atoms with Gasteiger partial charge in [0.25, 0.3) is 0 Å². The summed E-state index contributed by atoms with van der Waals surface area (Å²) in [6.07, 6.45) is 0. The van der Waals surface area contributed by atoms with Gasteiger partial charge in [0.15, 0.2) is 0 Å². The van der Waals surface area contributed by atoms with Crippen LogP contribution >= 0.6 is 0 Å². The van der Waals surface area contributed by atoms with Crippen LogP contribution in [-0.2, 0) is 19.7 Å². The van der Waals surface area contributed by atoms with E-state index in [1.807, 2.05) is 62.4 Å². The maximum Gasteiger partial charge on any atom is 0.340 e. The van der Waals surface area contributed by atoms with E-state index >= 15 is 0 Å². The van der Waals surface area contributed by atoms with Gasteiger partial charge in [0.05, 0.1) is 0 Å².